The second-order valence-electron chi connectivity index (χ2n) is 11.8. The Morgan fingerprint density at radius 2 is 1.95 bits per heavy atom. The lowest BCUT2D eigenvalue weighted by Crippen LogP contribution is -2.46. The highest BCUT2D eigenvalue weighted by molar-refractivity contribution is 5.89. The van der Waals surface area contributed by atoms with Gasteiger partial charge in [0.2, 0.25) is 0 Å². The first kappa shape index (κ1) is 34.3. The number of hydrogen-bond donors (Lipinski definition) is 4. The molecule has 0 saturated heterocycles. The maximum atomic E-state index is 13.4. The standard InChI is InChI=1S/C34H47NO8/c1-9-10-11-19(2)26-15-28(35-18-26)32(38)43-31(22(5)23(6)36)25-12-13-27-16-29(41-8)33(39)42-30(24(7)37)20(3)14-21(4)34(27,40)17-25/h9-15,17-18,20,22-24,27,29-31,35-37,40H,16H2,1-8H3/b10-9-,19-11+,21-14+/t20?,22-,23?,24?,27?,29+,30?,31-,34?/m1/s1. The van der Waals surface area contributed by atoms with Gasteiger partial charge in [-0.15, -0.1) is 0 Å². The van der Waals surface area contributed by atoms with Crippen molar-refractivity contribution in [2.45, 2.75) is 91.0 Å². The molecule has 43 heavy (non-hydrogen) atoms. The zero-order valence-electron chi connectivity index (χ0n) is 26.4. The SMILES string of the molecule is C/C=C\C=C(/C)c1c[nH]c(C(=O)O[C@@H](C2=CC3(O)/C(C)=C/C(C)C(C(C)O)OC(=O)[C@@H](OC)CC3C=C2)[C@H](C)C(C)O)c1. The maximum Gasteiger partial charge on any atom is 0.355 e. The number of methoxy groups -OCH3 is 1. The molecule has 0 bridgehead atoms. The molecule has 1 aliphatic carbocycles. The Bertz CT molecular complexity index is 1300. The summed E-state index contributed by atoms with van der Waals surface area (Å²) in [5, 5.41) is 33.2. The lowest BCUT2D eigenvalue weighted by molar-refractivity contribution is -0.170. The average molecular weight is 598 g/mol. The van der Waals surface area contributed by atoms with Crippen LogP contribution in [0.5, 0.6) is 0 Å². The van der Waals surface area contributed by atoms with E-state index in [2.05, 4.69) is 4.98 Å². The number of esters is 2. The second-order valence-corrected chi connectivity index (χ2v) is 11.8. The lowest BCUT2D eigenvalue weighted by Gasteiger charge is -2.41. The Labute approximate surface area is 254 Å². The number of rotatable bonds is 9. The van der Waals surface area contributed by atoms with Crippen molar-refractivity contribution in [3.05, 3.63) is 77.2 Å². The molecule has 2 aliphatic rings. The van der Waals surface area contributed by atoms with Crippen molar-refractivity contribution >= 4 is 17.5 Å². The van der Waals surface area contributed by atoms with Gasteiger partial charge in [-0.3, -0.25) is 0 Å². The predicted molar refractivity (Wildman–Crippen MR) is 165 cm³/mol. The number of aliphatic hydroxyl groups is 3. The third-order valence-electron chi connectivity index (χ3n) is 8.58. The van der Waals surface area contributed by atoms with Crippen LogP contribution in [0.2, 0.25) is 0 Å². The van der Waals surface area contributed by atoms with Crippen LogP contribution in [-0.4, -0.2) is 75.5 Å². The van der Waals surface area contributed by atoms with Crippen LogP contribution in [0.15, 0.2) is 65.9 Å². The van der Waals surface area contributed by atoms with E-state index in [0.717, 1.165) is 11.1 Å². The molecule has 1 aliphatic heterocycles. The molecule has 2 heterocycles. The van der Waals surface area contributed by atoms with Gasteiger partial charge in [-0.05, 0) is 75.5 Å². The molecule has 6 unspecified atom stereocenters. The Kier molecular flexibility index (Phi) is 11.5. The van der Waals surface area contributed by atoms with Crippen LogP contribution in [0.3, 0.4) is 0 Å². The topological polar surface area (TPSA) is 138 Å². The van der Waals surface area contributed by atoms with Gasteiger partial charge in [0.05, 0.1) is 12.2 Å². The summed E-state index contributed by atoms with van der Waals surface area (Å²) >= 11 is 0. The summed E-state index contributed by atoms with van der Waals surface area (Å²) in [6.07, 6.45) is 10.1. The van der Waals surface area contributed by atoms with Gasteiger partial charge in [-0.1, -0.05) is 50.3 Å². The number of cyclic esters (lactones) is 1. The Hall–Kier alpha value is -3.24. The molecule has 0 aromatic carbocycles. The van der Waals surface area contributed by atoms with E-state index in [0.29, 0.717) is 11.1 Å². The van der Waals surface area contributed by atoms with Crippen molar-refractivity contribution < 1.29 is 39.1 Å². The number of ether oxygens (including phenoxy) is 3. The Morgan fingerprint density at radius 1 is 1.26 bits per heavy atom. The lowest BCUT2D eigenvalue weighted by atomic mass is 9.71. The number of hydrogen-bond acceptors (Lipinski definition) is 8. The largest absolute Gasteiger partial charge is 0.457 e. The number of H-pyrrole nitrogens is 1. The van der Waals surface area contributed by atoms with Crippen LogP contribution in [0, 0.1) is 17.8 Å². The molecular formula is C34H47NO8. The first-order valence-electron chi connectivity index (χ1n) is 14.8. The van der Waals surface area contributed by atoms with Crippen molar-refractivity contribution in [2.75, 3.05) is 7.11 Å². The number of carbonyl (C=O) groups is 2. The smallest absolute Gasteiger partial charge is 0.355 e. The fourth-order valence-corrected chi connectivity index (χ4v) is 5.61. The first-order chi connectivity index (χ1) is 20.2. The van der Waals surface area contributed by atoms with E-state index in [1.807, 2.05) is 32.1 Å². The third kappa shape index (κ3) is 7.84. The molecule has 9 heteroatoms. The fraction of sp³-hybridized carbons (Fsp3) is 0.529. The van der Waals surface area contributed by atoms with Crippen molar-refractivity contribution in [1.82, 2.24) is 4.98 Å². The number of nitrogens with one attached hydrogen (secondary N) is 1. The number of aromatic nitrogens is 1. The molecule has 9 atom stereocenters. The Balaban J connectivity index is 2.04. The molecule has 3 rings (SSSR count). The van der Waals surface area contributed by atoms with E-state index in [1.165, 1.54) is 7.11 Å². The van der Waals surface area contributed by atoms with Gasteiger partial charge >= 0.3 is 11.9 Å². The predicted octanol–water partition coefficient (Wildman–Crippen LogP) is 4.67. The molecule has 0 amide bonds. The zero-order chi connectivity index (χ0) is 32.1. The maximum absolute atomic E-state index is 13.4. The number of allylic oxidation sites excluding steroid dienone is 4. The highest BCUT2D eigenvalue weighted by atomic mass is 16.6. The number of carbonyl (C=O) groups excluding carboxylic acids is 2. The monoisotopic (exact) mass is 597 g/mol. The second kappa shape index (κ2) is 14.5. The molecule has 1 aromatic heterocycles. The summed E-state index contributed by atoms with van der Waals surface area (Å²) < 4.78 is 17.1. The first-order valence-corrected chi connectivity index (χ1v) is 14.8. The normalized spacial score (nSPS) is 30.8. The minimum atomic E-state index is -1.58. The van der Waals surface area contributed by atoms with Gasteiger partial charge in [0.1, 0.15) is 23.5 Å². The van der Waals surface area contributed by atoms with Gasteiger partial charge in [0.25, 0.3) is 0 Å². The van der Waals surface area contributed by atoms with Crippen LogP contribution in [-0.2, 0) is 19.0 Å². The average Bonchev–Trinajstić information content (AvgIpc) is 3.46. The van der Waals surface area contributed by atoms with Gasteiger partial charge in [0.15, 0.2) is 6.10 Å². The summed E-state index contributed by atoms with van der Waals surface area (Å²) in [6, 6.07) is 1.72. The van der Waals surface area contributed by atoms with Gasteiger partial charge in [-0.25, -0.2) is 9.59 Å². The quantitative estimate of drug-likeness (QED) is 0.183. The summed E-state index contributed by atoms with van der Waals surface area (Å²) in [6.45, 7) is 12.4. The summed E-state index contributed by atoms with van der Waals surface area (Å²) in [4.78, 5) is 29.3. The van der Waals surface area contributed by atoms with Crippen LogP contribution in [0.1, 0.15) is 70.9 Å². The molecule has 9 nitrogen and oxygen atoms in total. The van der Waals surface area contributed by atoms with Crippen molar-refractivity contribution in [3.63, 3.8) is 0 Å². The van der Waals surface area contributed by atoms with Crippen molar-refractivity contribution in [3.8, 4) is 0 Å². The third-order valence-corrected chi connectivity index (χ3v) is 8.58. The fourth-order valence-electron chi connectivity index (χ4n) is 5.61. The number of aromatic amines is 1. The highest BCUT2D eigenvalue weighted by Gasteiger charge is 2.44. The van der Waals surface area contributed by atoms with Crippen LogP contribution < -0.4 is 0 Å². The minimum Gasteiger partial charge on any atom is -0.457 e. The molecule has 236 valence electrons. The number of aliphatic hydroxyl groups excluding tert-OH is 2. The highest BCUT2D eigenvalue weighted by Crippen LogP contribution is 2.41. The van der Waals surface area contributed by atoms with E-state index in [4.69, 9.17) is 14.2 Å². The molecule has 0 fully saturated rings. The molecule has 0 spiro atoms. The van der Waals surface area contributed by atoms with Crippen LogP contribution in [0.4, 0.5) is 0 Å². The summed E-state index contributed by atoms with van der Waals surface area (Å²) in [5.74, 6) is -2.73. The zero-order valence-corrected chi connectivity index (χ0v) is 26.4. The van der Waals surface area contributed by atoms with Crippen molar-refractivity contribution in [1.29, 1.82) is 0 Å². The summed E-state index contributed by atoms with van der Waals surface area (Å²) in [7, 11) is 1.40. The van der Waals surface area contributed by atoms with Crippen LogP contribution >= 0.6 is 0 Å². The van der Waals surface area contributed by atoms with Crippen LogP contribution in [0.25, 0.3) is 5.57 Å². The van der Waals surface area contributed by atoms with Crippen molar-refractivity contribution in [2.24, 2.45) is 17.8 Å². The molecule has 1 aromatic rings. The molecular weight excluding hydrogens is 550 g/mol. The molecule has 0 saturated carbocycles. The van der Waals surface area contributed by atoms with Gasteiger partial charge in [0, 0.05) is 31.1 Å². The summed E-state index contributed by atoms with van der Waals surface area (Å²) in [5.41, 5.74) is 1.59. The van der Waals surface area contributed by atoms with E-state index >= 15 is 0 Å². The number of fused-ring (bicyclic) bond motifs is 1. The van der Waals surface area contributed by atoms with E-state index < -0.39 is 65.8 Å². The molecule has 0 radical (unpaired) electrons. The van der Waals surface area contributed by atoms with E-state index in [1.54, 1.807) is 71.2 Å². The van der Waals surface area contributed by atoms with Gasteiger partial charge in [-0.2, -0.15) is 0 Å². The Morgan fingerprint density at radius 3 is 2.56 bits per heavy atom. The van der Waals surface area contributed by atoms with E-state index in [9.17, 15) is 24.9 Å². The van der Waals surface area contributed by atoms with Gasteiger partial charge < -0.3 is 34.5 Å². The van der Waals surface area contributed by atoms with E-state index in [-0.39, 0.29) is 12.1 Å². The minimum absolute atomic E-state index is 0.111. The molecule has 4 N–H and O–H groups in total.